The number of hydrogen-bond acceptors (Lipinski definition) is 1. The average Bonchev–Trinajstić information content (AvgIpc) is 2.29. The molecule has 0 aromatic heterocycles. The normalized spacial score (nSPS) is 10.8. The van der Waals surface area contributed by atoms with Gasteiger partial charge in [-0.15, -0.1) is 0 Å². The first-order valence-corrected chi connectivity index (χ1v) is 5.98. The van der Waals surface area contributed by atoms with Crippen molar-refractivity contribution < 1.29 is 5.11 Å². The summed E-state index contributed by atoms with van der Waals surface area (Å²) in [6, 6.07) is 14.1. The molecule has 0 aliphatic carbocycles. The first-order valence-electron chi connectivity index (χ1n) is 5.98. The van der Waals surface area contributed by atoms with Crippen LogP contribution < -0.4 is 0 Å². The van der Waals surface area contributed by atoms with Gasteiger partial charge in [-0.1, -0.05) is 49.7 Å². The highest BCUT2D eigenvalue weighted by atomic mass is 16.3. The fourth-order valence-corrected chi connectivity index (χ4v) is 1.96. The van der Waals surface area contributed by atoms with Crippen LogP contribution in [0.15, 0.2) is 42.5 Å². The van der Waals surface area contributed by atoms with Crippen molar-refractivity contribution in [3.63, 3.8) is 0 Å². The molecule has 0 aliphatic heterocycles. The van der Waals surface area contributed by atoms with Crippen LogP contribution in [0, 0.1) is 6.92 Å². The molecule has 0 saturated heterocycles. The number of phenols is 1. The molecule has 2 aromatic carbocycles. The maximum Gasteiger partial charge on any atom is 0.123 e. The molecule has 0 bridgehead atoms. The molecule has 0 unspecified atom stereocenters. The summed E-state index contributed by atoms with van der Waals surface area (Å²) in [5.41, 5.74) is 4.45. The first-order chi connectivity index (χ1) is 8.08. The third-order valence-corrected chi connectivity index (χ3v) is 3.02. The molecule has 0 amide bonds. The van der Waals surface area contributed by atoms with Crippen LogP contribution >= 0.6 is 0 Å². The largest absolute Gasteiger partial charge is 0.507 e. The number of benzene rings is 2. The summed E-state index contributed by atoms with van der Waals surface area (Å²) in [5, 5.41) is 9.96. The number of rotatable bonds is 2. The first kappa shape index (κ1) is 11.7. The minimum Gasteiger partial charge on any atom is -0.507 e. The third kappa shape index (κ3) is 2.50. The van der Waals surface area contributed by atoms with Gasteiger partial charge in [0.25, 0.3) is 0 Å². The van der Waals surface area contributed by atoms with E-state index in [0.717, 1.165) is 11.1 Å². The van der Waals surface area contributed by atoms with Gasteiger partial charge in [0.15, 0.2) is 0 Å². The van der Waals surface area contributed by atoms with E-state index in [1.54, 1.807) is 6.07 Å². The monoisotopic (exact) mass is 226 g/mol. The summed E-state index contributed by atoms with van der Waals surface area (Å²) >= 11 is 0. The van der Waals surface area contributed by atoms with Crippen LogP contribution in [0.5, 0.6) is 5.75 Å². The molecule has 0 spiro atoms. The molecule has 0 radical (unpaired) electrons. The van der Waals surface area contributed by atoms with E-state index >= 15 is 0 Å². The van der Waals surface area contributed by atoms with Crippen LogP contribution in [0.3, 0.4) is 0 Å². The van der Waals surface area contributed by atoms with E-state index < -0.39 is 0 Å². The Bertz CT molecular complexity index is 527. The van der Waals surface area contributed by atoms with E-state index in [1.165, 1.54) is 11.1 Å². The Labute approximate surface area is 103 Å². The average molecular weight is 226 g/mol. The van der Waals surface area contributed by atoms with Gasteiger partial charge in [-0.25, -0.2) is 0 Å². The lowest BCUT2D eigenvalue weighted by Crippen LogP contribution is -1.89. The van der Waals surface area contributed by atoms with Crippen molar-refractivity contribution in [2.75, 3.05) is 0 Å². The zero-order valence-electron chi connectivity index (χ0n) is 10.6. The molecule has 0 atom stereocenters. The molecule has 0 saturated carbocycles. The Morgan fingerprint density at radius 1 is 1.00 bits per heavy atom. The standard InChI is InChI=1S/C16H18O/c1-11(2)13-7-8-16(17)15(10-13)14-6-4-5-12(3)9-14/h4-11,17H,1-3H3. The quantitative estimate of drug-likeness (QED) is 0.799. The van der Waals surface area contributed by atoms with Gasteiger partial charge in [-0.05, 0) is 36.1 Å². The van der Waals surface area contributed by atoms with E-state index in [1.807, 2.05) is 18.2 Å². The second-order valence-electron chi connectivity index (χ2n) is 4.80. The Morgan fingerprint density at radius 2 is 1.76 bits per heavy atom. The maximum absolute atomic E-state index is 9.96. The topological polar surface area (TPSA) is 20.2 Å². The van der Waals surface area contributed by atoms with E-state index in [2.05, 4.69) is 39.0 Å². The predicted octanol–water partition coefficient (Wildman–Crippen LogP) is 4.49. The summed E-state index contributed by atoms with van der Waals surface area (Å²) in [5.74, 6) is 0.819. The van der Waals surface area contributed by atoms with Gasteiger partial charge in [-0.2, -0.15) is 0 Å². The Morgan fingerprint density at radius 3 is 2.41 bits per heavy atom. The van der Waals surface area contributed by atoms with Crippen LogP contribution in [-0.2, 0) is 0 Å². The van der Waals surface area contributed by atoms with Crippen LogP contribution in [0.4, 0.5) is 0 Å². The fraction of sp³-hybridized carbons (Fsp3) is 0.250. The molecule has 1 nitrogen and oxygen atoms in total. The molecule has 2 aromatic rings. The SMILES string of the molecule is Cc1cccc(-c2cc(C(C)C)ccc2O)c1. The zero-order chi connectivity index (χ0) is 12.4. The molecular formula is C16H18O. The van der Waals surface area contributed by atoms with Crippen molar-refractivity contribution in [2.24, 2.45) is 0 Å². The van der Waals surface area contributed by atoms with Crippen molar-refractivity contribution in [2.45, 2.75) is 26.7 Å². The van der Waals surface area contributed by atoms with Crippen molar-refractivity contribution in [1.82, 2.24) is 0 Å². The Balaban J connectivity index is 2.54. The van der Waals surface area contributed by atoms with Crippen molar-refractivity contribution in [3.8, 4) is 16.9 Å². The smallest absolute Gasteiger partial charge is 0.123 e. The summed E-state index contributed by atoms with van der Waals surface area (Å²) in [6.07, 6.45) is 0. The highest BCUT2D eigenvalue weighted by Crippen LogP contribution is 2.32. The van der Waals surface area contributed by atoms with Crippen LogP contribution in [0.2, 0.25) is 0 Å². The number of aromatic hydroxyl groups is 1. The van der Waals surface area contributed by atoms with E-state index in [0.29, 0.717) is 11.7 Å². The highest BCUT2D eigenvalue weighted by Gasteiger charge is 2.07. The predicted molar refractivity (Wildman–Crippen MR) is 72.4 cm³/mol. The lowest BCUT2D eigenvalue weighted by molar-refractivity contribution is 0.477. The molecule has 2 rings (SSSR count). The molecule has 1 heteroatoms. The second-order valence-corrected chi connectivity index (χ2v) is 4.80. The number of aryl methyl sites for hydroxylation is 1. The van der Waals surface area contributed by atoms with Gasteiger partial charge >= 0.3 is 0 Å². The maximum atomic E-state index is 9.96. The van der Waals surface area contributed by atoms with Gasteiger partial charge in [0.2, 0.25) is 0 Å². The van der Waals surface area contributed by atoms with Gasteiger partial charge in [0, 0.05) is 5.56 Å². The summed E-state index contributed by atoms with van der Waals surface area (Å²) < 4.78 is 0. The molecule has 0 fully saturated rings. The van der Waals surface area contributed by atoms with E-state index in [4.69, 9.17) is 0 Å². The van der Waals surface area contributed by atoms with Crippen LogP contribution in [0.25, 0.3) is 11.1 Å². The summed E-state index contributed by atoms with van der Waals surface area (Å²) in [7, 11) is 0. The summed E-state index contributed by atoms with van der Waals surface area (Å²) in [6.45, 7) is 6.38. The lowest BCUT2D eigenvalue weighted by atomic mass is 9.96. The van der Waals surface area contributed by atoms with Crippen LogP contribution in [0.1, 0.15) is 30.9 Å². The van der Waals surface area contributed by atoms with Gasteiger partial charge in [0.05, 0.1) is 0 Å². The van der Waals surface area contributed by atoms with Gasteiger partial charge < -0.3 is 5.11 Å². The molecule has 88 valence electrons. The van der Waals surface area contributed by atoms with Crippen LogP contribution in [-0.4, -0.2) is 5.11 Å². The molecule has 0 heterocycles. The molecular weight excluding hydrogens is 208 g/mol. The third-order valence-electron chi connectivity index (χ3n) is 3.02. The summed E-state index contributed by atoms with van der Waals surface area (Å²) in [4.78, 5) is 0. The Kier molecular flexibility index (Phi) is 3.19. The van der Waals surface area contributed by atoms with Crippen molar-refractivity contribution >= 4 is 0 Å². The zero-order valence-corrected chi connectivity index (χ0v) is 10.6. The number of phenolic OH excluding ortho intramolecular Hbond substituents is 1. The van der Waals surface area contributed by atoms with Gasteiger partial charge in [0.1, 0.15) is 5.75 Å². The lowest BCUT2D eigenvalue weighted by Gasteiger charge is -2.11. The molecule has 0 aliphatic rings. The number of hydrogen-bond donors (Lipinski definition) is 1. The van der Waals surface area contributed by atoms with Crippen molar-refractivity contribution in [1.29, 1.82) is 0 Å². The highest BCUT2D eigenvalue weighted by molar-refractivity contribution is 5.71. The Hall–Kier alpha value is -1.76. The second kappa shape index (κ2) is 4.62. The minimum atomic E-state index is 0.347. The minimum absolute atomic E-state index is 0.347. The molecule has 1 N–H and O–H groups in total. The van der Waals surface area contributed by atoms with Gasteiger partial charge in [-0.3, -0.25) is 0 Å². The molecule has 17 heavy (non-hydrogen) atoms. The van der Waals surface area contributed by atoms with E-state index in [-0.39, 0.29) is 0 Å². The fourth-order valence-electron chi connectivity index (χ4n) is 1.96. The van der Waals surface area contributed by atoms with Crippen molar-refractivity contribution in [3.05, 3.63) is 53.6 Å². The van der Waals surface area contributed by atoms with E-state index in [9.17, 15) is 5.11 Å².